The van der Waals surface area contributed by atoms with Gasteiger partial charge in [0.1, 0.15) is 10.8 Å². The van der Waals surface area contributed by atoms with E-state index >= 15 is 0 Å². The second-order valence-corrected chi connectivity index (χ2v) is 6.71. The molecule has 6 nitrogen and oxygen atoms in total. The lowest BCUT2D eigenvalue weighted by Crippen LogP contribution is -2.11. The van der Waals surface area contributed by atoms with E-state index in [1.54, 1.807) is 27.2 Å². The lowest BCUT2D eigenvalue weighted by molar-refractivity contribution is 0.731. The number of thiophene rings is 1. The molecule has 0 spiro atoms. The standard InChI is InChI=1S/C15H14N6S2/c1-2-11(15-16-6-8-23-15)17-12-3-4-13-18-19-14(21(13)20-12)10-5-7-22-9-10/h3-9,11H,2H2,1H3,(H,17,20). The van der Waals surface area contributed by atoms with Gasteiger partial charge < -0.3 is 5.32 Å². The lowest BCUT2D eigenvalue weighted by Gasteiger charge is -2.14. The fraction of sp³-hybridized carbons (Fsp3) is 0.200. The second kappa shape index (κ2) is 6.05. The van der Waals surface area contributed by atoms with Crippen LogP contribution in [0.4, 0.5) is 5.82 Å². The van der Waals surface area contributed by atoms with Gasteiger partial charge in [0, 0.05) is 22.5 Å². The van der Waals surface area contributed by atoms with Gasteiger partial charge in [-0.2, -0.15) is 15.9 Å². The Morgan fingerprint density at radius 3 is 2.91 bits per heavy atom. The van der Waals surface area contributed by atoms with Crippen LogP contribution in [0.1, 0.15) is 24.4 Å². The van der Waals surface area contributed by atoms with Crippen LogP contribution in [-0.4, -0.2) is 24.8 Å². The topological polar surface area (TPSA) is 68.0 Å². The molecular formula is C15H14N6S2. The van der Waals surface area contributed by atoms with Crippen LogP contribution < -0.4 is 5.32 Å². The molecule has 0 bridgehead atoms. The molecule has 0 aliphatic rings. The number of hydrogen-bond acceptors (Lipinski definition) is 7. The van der Waals surface area contributed by atoms with Gasteiger partial charge in [0.25, 0.3) is 0 Å². The SMILES string of the molecule is CCC(Nc1ccc2nnc(-c3ccsc3)n2n1)c1nccs1. The summed E-state index contributed by atoms with van der Waals surface area (Å²) in [6.07, 6.45) is 2.77. The summed E-state index contributed by atoms with van der Waals surface area (Å²) in [6, 6.07) is 6.03. The van der Waals surface area contributed by atoms with Crippen molar-refractivity contribution in [2.75, 3.05) is 5.32 Å². The van der Waals surface area contributed by atoms with E-state index in [2.05, 4.69) is 32.5 Å². The largest absolute Gasteiger partial charge is 0.359 e. The van der Waals surface area contributed by atoms with Crippen LogP contribution in [0.15, 0.2) is 40.5 Å². The van der Waals surface area contributed by atoms with Crippen molar-refractivity contribution in [3.63, 3.8) is 0 Å². The number of aromatic nitrogens is 5. The molecule has 1 unspecified atom stereocenters. The van der Waals surface area contributed by atoms with E-state index in [1.807, 2.05) is 40.5 Å². The molecule has 0 saturated heterocycles. The molecule has 1 N–H and O–H groups in total. The average molecular weight is 342 g/mol. The van der Waals surface area contributed by atoms with Crippen molar-refractivity contribution in [3.8, 4) is 11.4 Å². The summed E-state index contributed by atoms with van der Waals surface area (Å²) in [6.45, 7) is 2.13. The highest BCUT2D eigenvalue weighted by molar-refractivity contribution is 7.09. The molecular weight excluding hydrogens is 328 g/mol. The van der Waals surface area contributed by atoms with Crippen LogP contribution >= 0.6 is 22.7 Å². The van der Waals surface area contributed by atoms with E-state index in [4.69, 9.17) is 0 Å². The summed E-state index contributed by atoms with van der Waals surface area (Å²) >= 11 is 3.28. The molecule has 1 atom stereocenters. The van der Waals surface area contributed by atoms with Gasteiger partial charge in [0.2, 0.25) is 0 Å². The Hall–Kier alpha value is -2.32. The van der Waals surface area contributed by atoms with Gasteiger partial charge >= 0.3 is 0 Å². The highest BCUT2D eigenvalue weighted by Crippen LogP contribution is 2.24. The van der Waals surface area contributed by atoms with E-state index in [1.165, 1.54) is 0 Å². The van der Waals surface area contributed by atoms with Gasteiger partial charge in [0.05, 0.1) is 6.04 Å². The van der Waals surface area contributed by atoms with Crippen molar-refractivity contribution in [3.05, 3.63) is 45.5 Å². The number of anilines is 1. The molecule has 4 aromatic rings. The maximum atomic E-state index is 4.65. The van der Waals surface area contributed by atoms with Crippen LogP contribution in [0.5, 0.6) is 0 Å². The number of thiazole rings is 1. The van der Waals surface area contributed by atoms with Crippen LogP contribution in [0, 0.1) is 0 Å². The third-order valence-electron chi connectivity index (χ3n) is 3.52. The molecule has 0 aromatic carbocycles. The van der Waals surface area contributed by atoms with Crippen molar-refractivity contribution in [2.45, 2.75) is 19.4 Å². The number of hydrogen-bond donors (Lipinski definition) is 1. The predicted octanol–water partition coefficient (Wildman–Crippen LogP) is 3.87. The highest BCUT2D eigenvalue weighted by Gasteiger charge is 2.14. The molecule has 0 saturated carbocycles. The Labute approximate surface area is 140 Å². The molecule has 23 heavy (non-hydrogen) atoms. The number of fused-ring (bicyclic) bond motifs is 1. The van der Waals surface area contributed by atoms with E-state index in [-0.39, 0.29) is 6.04 Å². The third kappa shape index (κ3) is 2.71. The molecule has 4 heterocycles. The smallest absolute Gasteiger partial charge is 0.186 e. The summed E-state index contributed by atoms with van der Waals surface area (Å²) in [5.74, 6) is 1.54. The fourth-order valence-electron chi connectivity index (χ4n) is 2.36. The van der Waals surface area contributed by atoms with Crippen molar-refractivity contribution in [1.29, 1.82) is 0 Å². The van der Waals surface area contributed by atoms with Crippen molar-refractivity contribution < 1.29 is 0 Å². The van der Waals surface area contributed by atoms with Gasteiger partial charge in [-0.3, -0.25) is 0 Å². The fourth-order valence-corrected chi connectivity index (χ4v) is 3.77. The zero-order valence-electron chi connectivity index (χ0n) is 12.4. The molecule has 0 aliphatic carbocycles. The summed E-state index contributed by atoms with van der Waals surface area (Å²) in [5, 5.41) is 23.7. The van der Waals surface area contributed by atoms with Crippen LogP contribution in [0.2, 0.25) is 0 Å². The van der Waals surface area contributed by atoms with Crippen molar-refractivity contribution in [1.82, 2.24) is 24.8 Å². The van der Waals surface area contributed by atoms with E-state index in [0.717, 1.165) is 34.3 Å². The van der Waals surface area contributed by atoms with E-state index in [9.17, 15) is 0 Å². The Morgan fingerprint density at radius 2 is 2.17 bits per heavy atom. The summed E-state index contributed by atoms with van der Waals surface area (Å²) in [7, 11) is 0. The predicted molar refractivity (Wildman–Crippen MR) is 92.9 cm³/mol. The summed E-state index contributed by atoms with van der Waals surface area (Å²) in [4.78, 5) is 4.39. The Bertz CT molecular complexity index is 898. The Balaban J connectivity index is 1.69. The minimum absolute atomic E-state index is 0.154. The maximum absolute atomic E-state index is 4.65. The first kappa shape index (κ1) is 14.3. The molecule has 0 radical (unpaired) electrons. The molecule has 0 aliphatic heterocycles. The Morgan fingerprint density at radius 1 is 1.22 bits per heavy atom. The first-order chi connectivity index (χ1) is 11.3. The maximum Gasteiger partial charge on any atom is 0.186 e. The summed E-state index contributed by atoms with van der Waals surface area (Å²) < 4.78 is 1.78. The van der Waals surface area contributed by atoms with Crippen LogP contribution in [0.25, 0.3) is 17.0 Å². The number of nitrogens with one attached hydrogen (secondary N) is 1. The monoisotopic (exact) mass is 342 g/mol. The molecule has 0 fully saturated rings. The molecule has 4 aromatic heterocycles. The highest BCUT2D eigenvalue weighted by atomic mass is 32.1. The van der Waals surface area contributed by atoms with Gasteiger partial charge in [0.15, 0.2) is 11.5 Å². The van der Waals surface area contributed by atoms with E-state index < -0.39 is 0 Å². The first-order valence-electron chi connectivity index (χ1n) is 7.26. The van der Waals surface area contributed by atoms with Crippen molar-refractivity contribution in [2.24, 2.45) is 0 Å². The second-order valence-electron chi connectivity index (χ2n) is 5.00. The molecule has 4 rings (SSSR count). The molecule has 0 amide bonds. The number of rotatable bonds is 5. The molecule has 8 heteroatoms. The third-order valence-corrected chi connectivity index (χ3v) is 5.09. The average Bonchev–Trinajstić information content (AvgIpc) is 3.32. The van der Waals surface area contributed by atoms with Gasteiger partial charge in [-0.25, -0.2) is 4.98 Å². The lowest BCUT2D eigenvalue weighted by atomic mass is 10.2. The first-order valence-corrected chi connectivity index (χ1v) is 9.08. The van der Waals surface area contributed by atoms with Gasteiger partial charge in [-0.1, -0.05) is 6.92 Å². The minimum Gasteiger partial charge on any atom is -0.359 e. The summed E-state index contributed by atoms with van der Waals surface area (Å²) in [5.41, 5.74) is 1.76. The van der Waals surface area contributed by atoms with E-state index in [0.29, 0.717) is 0 Å². The zero-order valence-corrected chi connectivity index (χ0v) is 14.0. The van der Waals surface area contributed by atoms with Gasteiger partial charge in [-0.05, 0) is 30.0 Å². The van der Waals surface area contributed by atoms with Gasteiger partial charge in [-0.15, -0.1) is 26.6 Å². The van der Waals surface area contributed by atoms with Crippen molar-refractivity contribution >= 4 is 34.1 Å². The normalized spacial score (nSPS) is 12.6. The minimum atomic E-state index is 0.154. The van der Waals surface area contributed by atoms with Crippen LogP contribution in [-0.2, 0) is 0 Å². The number of nitrogens with zero attached hydrogens (tertiary/aromatic N) is 5. The quantitative estimate of drug-likeness (QED) is 0.596. The zero-order chi connectivity index (χ0) is 15.6. The van der Waals surface area contributed by atoms with Crippen LogP contribution in [0.3, 0.4) is 0 Å². The Kier molecular flexibility index (Phi) is 3.76. The molecule has 116 valence electrons.